The van der Waals surface area contributed by atoms with Gasteiger partial charge in [-0.05, 0) is 98.8 Å². The minimum Gasteiger partial charge on any atom is -0.365 e. The van der Waals surface area contributed by atoms with Gasteiger partial charge >= 0.3 is 12.4 Å². The second-order valence-electron chi connectivity index (χ2n) is 10.5. The maximum absolute atomic E-state index is 13.0. The van der Waals surface area contributed by atoms with Crippen molar-refractivity contribution in [2.24, 2.45) is 5.73 Å². The average molecular weight is 703 g/mol. The Bertz CT molecular complexity index is 2160. The summed E-state index contributed by atoms with van der Waals surface area (Å²) in [5, 5.41) is 3.06. The number of amides is 2. The molecule has 0 aliphatic heterocycles. The third kappa shape index (κ3) is 8.46. The zero-order chi connectivity index (χ0) is 36.3. The molecular formula is C34H25ClF6N4O4. The first-order valence-corrected chi connectivity index (χ1v) is 14.4. The van der Waals surface area contributed by atoms with Gasteiger partial charge in [-0.2, -0.15) is 26.3 Å². The monoisotopic (exact) mass is 702 g/mol. The molecule has 3 N–H and O–H groups in total. The highest BCUT2D eigenvalue weighted by molar-refractivity contribution is 6.30. The number of nitrogens with one attached hydrogen (secondary N) is 1. The Balaban J connectivity index is 0.000000230. The number of halogens is 7. The molecule has 0 bridgehead atoms. The van der Waals surface area contributed by atoms with Gasteiger partial charge in [0.25, 0.3) is 22.9 Å². The lowest BCUT2D eigenvalue weighted by Crippen LogP contribution is -2.29. The number of anilines is 1. The Kier molecular flexibility index (Phi) is 10.5. The van der Waals surface area contributed by atoms with Gasteiger partial charge in [0.2, 0.25) is 0 Å². The quantitative estimate of drug-likeness (QED) is 0.187. The minimum absolute atomic E-state index is 0.0235. The molecule has 254 valence electrons. The number of nitrogens with two attached hydrogens (primary N) is 1. The summed E-state index contributed by atoms with van der Waals surface area (Å²) >= 11 is 5.80. The van der Waals surface area contributed by atoms with Gasteiger partial charge in [-0.1, -0.05) is 23.7 Å². The number of rotatable bonds is 5. The molecule has 3 aromatic carbocycles. The van der Waals surface area contributed by atoms with Crippen LogP contribution in [0.15, 0.2) is 107 Å². The average Bonchev–Trinajstić information content (AvgIpc) is 3.02. The van der Waals surface area contributed by atoms with Gasteiger partial charge in [-0.25, -0.2) is 0 Å². The van der Waals surface area contributed by atoms with E-state index in [4.69, 9.17) is 17.3 Å². The van der Waals surface area contributed by atoms with E-state index < -0.39 is 46.4 Å². The molecule has 2 heterocycles. The first-order chi connectivity index (χ1) is 22.9. The van der Waals surface area contributed by atoms with Gasteiger partial charge in [0, 0.05) is 33.5 Å². The van der Waals surface area contributed by atoms with E-state index in [2.05, 4.69) is 5.32 Å². The van der Waals surface area contributed by atoms with Crippen LogP contribution in [0.4, 0.5) is 32.0 Å². The number of primary amides is 1. The van der Waals surface area contributed by atoms with E-state index in [1.165, 1.54) is 48.5 Å². The predicted molar refractivity (Wildman–Crippen MR) is 171 cm³/mol. The summed E-state index contributed by atoms with van der Waals surface area (Å²) in [5.74, 6) is -1.60. The van der Waals surface area contributed by atoms with Crippen LogP contribution in [0.5, 0.6) is 0 Å². The van der Waals surface area contributed by atoms with Crippen molar-refractivity contribution >= 4 is 29.1 Å². The third-order valence-electron chi connectivity index (χ3n) is 7.03. The molecule has 0 aliphatic carbocycles. The summed E-state index contributed by atoms with van der Waals surface area (Å²) in [6.45, 7) is 3.12. The molecule has 0 saturated heterocycles. The molecule has 0 fully saturated rings. The van der Waals surface area contributed by atoms with Gasteiger partial charge in [0.05, 0.1) is 11.1 Å². The first kappa shape index (κ1) is 36.2. The number of pyridine rings is 2. The van der Waals surface area contributed by atoms with Gasteiger partial charge in [0.15, 0.2) is 0 Å². The van der Waals surface area contributed by atoms with Gasteiger partial charge in [0.1, 0.15) is 11.1 Å². The molecule has 2 amide bonds. The number of carbonyl (C=O) groups excluding carboxylic acids is 2. The zero-order valence-electron chi connectivity index (χ0n) is 25.5. The number of benzene rings is 3. The lowest BCUT2D eigenvalue weighted by atomic mass is 10.1. The van der Waals surface area contributed by atoms with Crippen LogP contribution in [0, 0.1) is 13.8 Å². The van der Waals surface area contributed by atoms with Crippen LogP contribution in [0.1, 0.15) is 43.2 Å². The van der Waals surface area contributed by atoms with Crippen molar-refractivity contribution in [1.29, 1.82) is 0 Å². The van der Waals surface area contributed by atoms with Gasteiger partial charge in [-0.15, -0.1) is 0 Å². The van der Waals surface area contributed by atoms with E-state index in [9.17, 15) is 45.5 Å². The lowest BCUT2D eigenvalue weighted by Gasteiger charge is -2.14. The summed E-state index contributed by atoms with van der Waals surface area (Å²) in [5.41, 5.74) is 2.65. The number of aryl methyl sites for hydroxylation is 2. The van der Waals surface area contributed by atoms with E-state index in [1.807, 2.05) is 0 Å². The molecule has 0 atom stereocenters. The Morgan fingerprint density at radius 1 is 0.653 bits per heavy atom. The molecule has 8 nitrogen and oxygen atoms in total. The third-order valence-corrected chi connectivity index (χ3v) is 7.28. The van der Waals surface area contributed by atoms with Crippen molar-refractivity contribution in [3.8, 4) is 11.4 Å². The highest BCUT2D eigenvalue weighted by Gasteiger charge is 2.31. The van der Waals surface area contributed by atoms with Crippen molar-refractivity contribution in [3.63, 3.8) is 0 Å². The standard InChI is InChI=1S/C20H14ClF3N2O2.C14H11F3N2O2/c1-12-5-10-17(18(27)25-15-8-6-14(21)7-9-15)19(28)26(12)16-4-2-3-13(11-16)20(22,23)24;1-8-5-6-11(12(18)20)13(21)19(8)10-4-2-3-9(7-10)14(15,16)17/h2-11H,1H3,(H,25,27);2-7H,1H3,(H2,18,20). The Morgan fingerprint density at radius 2 is 1.08 bits per heavy atom. The number of alkyl halides is 6. The van der Waals surface area contributed by atoms with Crippen LogP contribution in [-0.4, -0.2) is 20.9 Å². The highest BCUT2D eigenvalue weighted by atomic mass is 35.5. The highest BCUT2D eigenvalue weighted by Crippen LogP contribution is 2.31. The predicted octanol–water partition coefficient (Wildman–Crippen LogP) is 7.33. The molecule has 0 unspecified atom stereocenters. The minimum atomic E-state index is -4.54. The van der Waals surface area contributed by atoms with E-state index in [1.54, 1.807) is 38.1 Å². The van der Waals surface area contributed by atoms with Crippen LogP contribution in [0.25, 0.3) is 11.4 Å². The van der Waals surface area contributed by atoms with Crippen molar-refractivity contribution < 1.29 is 35.9 Å². The topological polar surface area (TPSA) is 116 Å². The maximum atomic E-state index is 13.0. The fraction of sp³-hybridized carbons (Fsp3) is 0.118. The summed E-state index contributed by atoms with van der Waals surface area (Å²) in [6.07, 6.45) is -9.06. The van der Waals surface area contributed by atoms with Crippen molar-refractivity contribution in [3.05, 3.63) is 156 Å². The summed E-state index contributed by atoms with van der Waals surface area (Å²) < 4.78 is 79.3. The molecule has 0 radical (unpaired) electrons. The lowest BCUT2D eigenvalue weighted by molar-refractivity contribution is -0.138. The summed E-state index contributed by atoms with van der Waals surface area (Å²) in [7, 11) is 0. The fourth-order valence-corrected chi connectivity index (χ4v) is 4.76. The van der Waals surface area contributed by atoms with Crippen LogP contribution >= 0.6 is 11.6 Å². The molecule has 0 saturated carbocycles. The van der Waals surface area contributed by atoms with E-state index in [-0.39, 0.29) is 22.5 Å². The second-order valence-corrected chi connectivity index (χ2v) is 10.9. The number of nitrogens with zero attached hydrogens (tertiary/aromatic N) is 2. The Morgan fingerprint density at radius 3 is 1.51 bits per heavy atom. The van der Waals surface area contributed by atoms with E-state index >= 15 is 0 Å². The largest absolute Gasteiger partial charge is 0.416 e. The fourth-order valence-electron chi connectivity index (χ4n) is 4.64. The van der Waals surface area contributed by atoms with Crippen molar-refractivity contribution in [2.45, 2.75) is 26.2 Å². The second kappa shape index (κ2) is 14.2. The molecule has 5 rings (SSSR count). The molecule has 15 heteroatoms. The van der Waals surface area contributed by atoms with Crippen LogP contribution in [-0.2, 0) is 12.4 Å². The van der Waals surface area contributed by atoms with Crippen LogP contribution < -0.4 is 22.2 Å². The Hall–Kier alpha value is -5.63. The Labute approximate surface area is 279 Å². The first-order valence-electron chi connectivity index (χ1n) is 14.1. The van der Waals surface area contributed by atoms with Gasteiger partial charge < -0.3 is 11.1 Å². The summed E-state index contributed by atoms with van der Waals surface area (Å²) in [6, 6.07) is 20.5. The number of carbonyl (C=O) groups is 2. The molecule has 0 spiro atoms. The number of hydrogen-bond donors (Lipinski definition) is 2. The smallest absolute Gasteiger partial charge is 0.365 e. The maximum Gasteiger partial charge on any atom is 0.416 e. The summed E-state index contributed by atoms with van der Waals surface area (Å²) in [4.78, 5) is 48.7. The molecule has 2 aromatic heterocycles. The zero-order valence-corrected chi connectivity index (χ0v) is 26.2. The van der Waals surface area contributed by atoms with Crippen molar-refractivity contribution in [1.82, 2.24) is 9.13 Å². The van der Waals surface area contributed by atoms with Crippen LogP contribution in [0.2, 0.25) is 5.02 Å². The molecule has 0 aliphatic rings. The SMILES string of the molecule is Cc1ccc(C(=O)Nc2ccc(Cl)cc2)c(=O)n1-c1cccc(C(F)(F)F)c1.Cc1ccc(C(N)=O)c(=O)n1-c1cccc(C(F)(F)F)c1. The van der Waals surface area contributed by atoms with Crippen molar-refractivity contribution in [2.75, 3.05) is 5.32 Å². The van der Waals surface area contributed by atoms with Crippen LogP contribution in [0.3, 0.4) is 0 Å². The molecular weight excluding hydrogens is 678 g/mol. The normalized spacial score (nSPS) is 11.4. The molecule has 49 heavy (non-hydrogen) atoms. The van der Waals surface area contributed by atoms with Gasteiger partial charge in [-0.3, -0.25) is 28.3 Å². The number of hydrogen-bond acceptors (Lipinski definition) is 4. The number of aromatic nitrogens is 2. The molecule has 5 aromatic rings. The van der Waals surface area contributed by atoms with E-state index in [0.29, 0.717) is 22.1 Å². The van der Waals surface area contributed by atoms with E-state index in [0.717, 1.165) is 33.4 Å².